The van der Waals surface area contributed by atoms with Crippen molar-refractivity contribution in [3.63, 3.8) is 0 Å². The monoisotopic (exact) mass is 331 g/mol. The minimum Gasteiger partial charge on any atom is -0.343 e. The van der Waals surface area contributed by atoms with Gasteiger partial charge in [-0.15, -0.1) is 22.9 Å². The van der Waals surface area contributed by atoms with Gasteiger partial charge < -0.3 is 9.80 Å². The highest BCUT2D eigenvalue weighted by Gasteiger charge is 2.14. The highest BCUT2D eigenvalue weighted by molar-refractivity contribution is 7.09. The Hall–Kier alpha value is -0.650. The molecule has 4 nitrogen and oxygen atoms in total. The fourth-order valence-corrected chi connectivity index (χ4v) is 3.23. The number of hydrogen-bond donors (Lipinski definition) is 0. The molecule has 1 aromatic rings. The molecule has 0 aliphatic carbocycles. The lowest BCUT2D eigenvalue weighted by Gasteiger charge is -2.23. The number of amides is 1. The summed E-state index contributed by atoms with van der Waals surface area (Å²) in [5.41, 5.74) is 0.856. The Bertz CT molecular complexity index is 421. The first-order valence-electron chi connectivity index (χ1n) is 7.63. The summed E-state index contributed by atoms with van der Waals surface area (Å²) >= 11 is 7.25. The van der Waals surface area contributed by atoms with Crippen LogP contribution in [0.25, 0.3) is 0 Å². The molecule has 0 saturated heterocycles. The average Bonchev–Trinajstić information content (AvgIpc) is 2.95. The normalized spacial score (nSPS) is 11.1. The second kappa shape index (κ2) is 10.1. The van der Waals surface area contributed by atoms with Crippen molar-refractivity contribution in [3.8, 4) is 0 Å². The zero-order valence-corrected chi connectivity index (χ0v) is 14.8. The SMILES string of the molecule is CCN(CC)CCCN(CC)C(=O)Cc1nc(CCl)cs1. The van der Waals surface area contributed by atoms with E-state index in [1.54, 1.807) is 0 Å². The van der Waals surface area contributed by atoms with Gasteiger partial charge in [0.15, 0.2) is 0 Å². The standard InChI is InChI=1S/C15H26ClN3OS/c1-4-18(5-2)8-7-9-19(6-3)15(20)10-14-17-13(11-16)12-21-14/h12H,4-11H2,1-3H3. The summed E-state index contributed by atoms with van der Waals surface area (Å²) in [5.74, 6) is 0.569. The van der Waals surface area contributed by atoms with Crippen molar-refractivity contribution in [1.29, 1.82) is 0 Å². The lowest BCUT2D eigenvalue weighted by Crippen LogP contribution is -2.35. The third-order valence-corrected chi connectivity index (χ3v) is 4.74. The molecule has 1 heterocycles. The van der Waals surface area contributed by atoms with Gasteiger partial charge in [0.05, 0.1) is 18.0 Å². The Kier molecular flexibility index (Phi) is 8.88. The quantitative estimate of drug-likeness (QED) is 0.618. The molecule has 0 fully saturated rings. The maximum absolute atomic E-state index is 12.3. The molecule has 1 rings (SSSR count). The van der Waals surface area contributed by atoms with Crippen LogP contribution in [0.1, 0.15) is 37.9 Å². The van der Waals surface area contributed by atoms with Crippen LogP contribution in [0.3, 0.4) is 0 Å². The summed E-state index contributed by atoms with van der Waals surface area (Å²) in [6.45, 7) is 11.1. The van der Waals surface area contributed by atoms with Gasteiger partial charge in [-0.2, -0.15) is 0 Å². The molecular formula is C15H26ClN3OS. The first-order valence-corrected chi connectivity index (χ1v) is 9.05. The maximum atomic E-state index is 12.3. The Morgan fingerprint density at radius 1 is 1.24 bits per heavy atom. The van der Waals surface area contributed by atoms with Crippen LogP contribution in [0.5, 0.6) is 0 Å². The number of thiazole rings is 1. The second-order valence-electron chi connectivity index (χ2n) is 4.90. The van der Waals surface area contributed by atoms with Gasteiger partial charge in [0.25, 0.3) is 0 Å². The molecule has 0 atom stereocenters. The Labute approximate surface area is 137 Å². The molecule has 0 saturated carbocycles. The first-order chi connectivity index (χ1) is 10.1. The number of carbonyl (C=O) groups excluding carboxylic acids is 1. The number of rotatable bonds is 10. The molecular weight excluding hydrogens is 306 g/mol. The van der Waals surface area contributed by atoms with E-state index in [1.807, 2.05) is 17.2 Å². The molecule has 0 aliphatic rings. The molecule has 0 aliphatic heterocycles. The molecule has 0 radical (unpaired) electrons. The largest absolute Gasteiger partial charge is 0.343 e. The Balaban J connectivity index is 2.41. The van der Waals surface area contributed by atoms with Gasteiger partial charge in [-0.3, -0.25) is 4.79 Å². The molecule has 0 bridgehead atoms. The highest BCUT2D eigenvalue weighted by Crippen LogP contribution is 2.13. The molecule has 1 aromatic heterocycles. The van der Waals surface area contributed by atoms with Crippen LogP contribution in [0.2, 0.25) is 0 Å². The van der Waals surface area contributed by atoms with Gasteiger partial charge >= 0.3 is 0 Å². The number of likely N-dealkylation sites (N-methyl/N-ethyl adjacent to an activating group) is 1. The minimum atomic E-state index is 0.160. The summed E-state index contributed by atoms with van der Waals surface area (Å²) in [7, 11) is 0. The van der Waals surface area contributed by atoms with Crippen LogP contribution in [-0.4, -0.2) is 53.4 Å². The molecule has 0 unspecified atom stereocenters. The number of carbonyl (C=O) groups is 1. The third-order valence-electron chi connectivity index (χ3n) is 3.57. The molecule has 0 N–H and O–H groups in total. The average molecular weight is 332 g/mol. The van der Waals surface area contributed by atoms with Crippen LogP contribution < -0.4 is 0 Å². The number of hydrogen-bond acceptors (Lipinski definition) is 4. The van der Waals surface area contributed by atoms with Gasteiger partial charge in [-0.1, -0.05) is 13.8 Å². The Morgan fingerprint density at radius 3 is 2.48 bits per heavy atom. The lowest BCUT2D eigenvalue weighted by atomic mass is 10.3. The molecule has 120 valence electrons. The maximum Gasteiger partial charge on any atom is 0.229 e. The van der Waals surface area contributed by atoms with E-state index < -0.39 is 0 Å². The molecule has 0 aromatic carbocycles. The van der Waals surface area contributed by atoms with Crippen molar-refractivity contribution in [1.82, 2.24) is 14.8 Å². The van der Waals surface area contributed by atoms with Gasteiger partial charge in [0.2, 0.25) is 5.91 Å². The van der Waals surface area contributed by atoms with Crippen molar-refractivity contribution in [2.24, 2.45) is 0 Å². The van der Waals surface area contributed by atoms with Crippen molar-refractivity contribution in [2.45, 2.75) is 39.5 Å². The van der Waals surface area contributed by atoms with E-state index in [1.165, 1.54) is 11.3 Å². The molecule has 0 spiro atoms. The second-order valence-corrected chi connectivity index (χ2v) is 6.11. The van der Waals surface area contributed by atoms with E-state index in [2.05, 4.69) is 23.7 Å². The minimum absolute atomic E-state index is 0.160. The van der Waals surface area contributed by atoms with Crippen LogP contribution >= 0.6 is 22.9 Å². The summed E-state index contributed by atoms with van der Waals surface area (Å²) in [6.07, 6.45) is 1.41. The van der Waals surface area contributed by atoms with Gasteiger partial charge in [0, 0.05) is 18.5 Å². The number of halogens is 1. The summed E-state index contributed by atoms with van der Waals surface area (Å²) < 4.78 is 0. The molecule has 21 heavy (non-hydrogen) atoms. The van der Waals surface area contributed by atoms with Crippen LogP contribution in [0.15, 0.2) is 5.38 Å². The smallest absolute Gasteiger partial charge is 0.229 e. The van der Waals surface area contributed by atoms with Crippen molar-refractivity contribution >= 4 is 28.8 Å². The topological polar surface area (TPSA) is 36.4 Å². The number of nitrogens with zero attached hydrogens (tertiary/aromatic N) is 3. The number of aromatic nitrogens is 1. The first kappa shape index (κ1) is 18.4. The van der Waals surface area contributed by atoms with Gasteiger partial charge in [-0.25, -0.2) is 4.98 Å². The summed E-state index contributed by atoms with van der Waals surface area (Å²) in [5, 5.41) is 2.78. The van der Waals surface area contributed by atoms with Crippen LogP contribution in [0.4, 0.5) is 0 Å². The summed E-state index contributed by atoms with van der Waals surface area (Å²) in [6, 6.07) is 0. The van der Waals surface area contributed by atoms with E-state index in [4.69, 9.17) is 11.6 Å². The van der Waals surface area contributed by atoms with Crippen LogP contribution in [0, 0.1) is 0 Å². The lowest BCUT2D eigenvalue weighted by molar-refractivity contribution is -0.130. The molecule has 1 amide bonds. The van der Waals surface area contributed by atoms with Crippen molar-refractivity contribution in [2.75, 3.05) is 32.7 Å². The van der Waals surface area contributed by atoms with E-state index in [0.29, 0.717) is 12.3 Å². The fourth-order valence-electron chi connectivity index (χ4n) is 2.22. The van der Waals surface area contributed by atoms with Crippen LogP contribution in [-0.2, 0) is 17.1 Å². The Morgan fingerprint density at radius 2 is 1.95 bits per heavy atom. The predicted molar refractivity (Wildman–Crippen MR) is 90.0 cm³/mol. The third kappa shape index (κ3) is 6.32. The van der Waals surface area contributed by atoms with Gasteiger partial charge in [-0.05, 0) is 33.0 Å². The zero-order chi connectivity index (χ0) is 15.7. The zero-order valence-electron chi connectivity index (χ0n) is 13.3. The predicted octanol–water partition coefficient (Wildman–Crippen LogP) is 3.00. The van der Waals surface area contributed by atoms with Gasteiger partial charge in [0.1, 0.15) is 5.01 Å². The summed E-state index contributed by atoms with van der Waals surface area (Å²) in [4.78, 5) is 21.0. The molecule has 6 heteroatoms. The van der Waals surface area contributed by atoms with E-state index in [9.17, 15) is 4.79 Å². The van der Waals surface area contributed by atoms with E-state index in [0.717, 1.165) is 49.8 Å². The van der Waals surface area contributed by atoms with Crippen molar-refractivity contribution < 1.29 is 4.79 Å². The highest BCUT2D eigenvalue weighted by atomic mass is 35.5. The van der Waals surface area contributed by atoms with E-state index in [-0.39, 0.29) is 5.91 Å². The number of alkyl halides is 1. The fraction of sp³-hybridized carbons (Fsp3) is 0.733. The van der Waals surface area contributed by atoms with E-state index >= 15 is 0 Å². The van der Waals surface area contributed by atoms with Crippen molar-refractivity contribution in [3.05, 3.63) is 16.1 Å².